The SMILES string of the molecule is CC(C)(C)OC(=O)NCCC(=O)NCc1cccc(OCc2ccccc2)c1. The van der Waals surface area contributed by atoms with Gasteiger partial charge in [-0.2, -0.15) is 0 Å². The van der Waals surface area contributed by atoms with Crippen LogP contribution in [0.2, 0.25) is 0 Å². The molecule has 6 heteroatoms. The van der Waals surface area contributed by atoms with Gasteiger partial charge < -0.3 is 20.1 Å². The molecule has 0 radical (unpaired) electrons. The van der Waals surface area contributed by atoms with Crippen molar-refractivity contribution in [2.45, 2.75) is 45.9 Å². The van der Waals surface area contributed by atoms with Gasteiger partial charge >= 0.3 is 6.09 Å². The third kappa shape index (κ3) is 8.58. The Morgan fingerprint density at radius 3 is 2.36 bits per heavy atom. The first-order valence-corrected chi connectivity index (χ1v) is 9.31. The van der Waals surface area contributed by atoms with E-state index >= 15 is 0 Å². The third-order valence-corrected chi connectivity index (χ3v) is 3.66. The quantitative estimate of drug-likeness (QED) is 0.726. The van der Waals surface area contributed by atoms with E-state index in [4.69, 9.17) is 9.47 Å². The predicted octanol–water partition coefficient (Wildman–Crippen LogP) is 3.80. The number of hydrogen-bond acceptors (Lipinski definition) is 4. The number of amides is 2. The molecular formula is C22H28N2O4. The summed E-state index contributed by atoms with van der Waals surface area (Å²) in [6.07, 6.45) is -0.341. The van der Waals surface area contributed by atoms with Crippen LogP contribution in [-0.4, -0.2) is 24.1 Å². The molecule has 150 valence electrons. The minimum Gasteiger partial charge on any atom is -0.489 e. The molecule has 0 aliphatic rings. The Hall–Kier alpha value is -3.02. The van der Waals surface area contributed by atoms with Gasteiger partial charge in [-0.3, -0.25) is 4.79 Å². The summed E-state index contributed by atoms with van der Waals surface area (Å²) in [5.41, 5.74) is 1.48. The molecule has 2 N–H and O–H groups in total. The second kappa shape index (κ2) is 10.3. The Morgan fingerprint density at radius 1 is 0.929 bits per heavy atom. The van der Waals surface area contributed by atoms with Crippen molar-refractivity contribution in [2.24, 2.45) is 0 Å². The minimum absolute atomic E-state index is 0.147. The van der Waals surface area contributed by atoms with Gasteiger partial charge in [-0.1, -0.05) is 42.5 Å². The van der Waals surface area contributed by atoms with Crippen molar-refractivity contribution in [3.05, 3.63) is 65.7 Å². The van der Waals surface area contributed by atoms with Gasteiger partial charge in [0.15, 0.2) is 0 Å². The van der Waals surface area contributed by atoms with Crippen LogP contribution in [0, 0.1) is 0 Å². The van der Waals surface area contributed by atoms with Crippen molar-refractivity contribution >= 4 is 12.0 Å². The molecule has 2 amide bonds. The fraction of sp³-hybridized carbons (Fsp3) is 0.364. The van der Waals surface area contributed by atoms with Crippen molar-refractivity contribution in [3.8, 4) is 5.75 Å². The normalized spacial score (nSPS) is 10.8. The van der Waals surface area contributed by atoms with Crippen LogP contribution in [0.25, 0.3) is 0 Å². The maximum atomic E-state index is 11.9. The second-order valence-corrected chi connectivity index (χ2v) is 7.38. The molecule has 0 unspecified atom stereocenters. The standard InChI is InChI=1S/C22H28N2O4/c1-22(2,3)28-21(26)23-13-12-20(25)24-15-18-10-7-11-19(14-18)27-16-17-8-5-4-6-9-17/h4-11,14H,12-13,15-16H2,1-3H3,(H,23,26)(H,24,25). The van der Waals surface area contributed by atoms with E-state index in [1.54, 1.807) is 20.8 Å². The average Bonchev–Trinajstić information content (AvgIpc) is 2.64. The second-order valence-electron chi connectivity index (χ2n) is 7.38. The van der Waals surface area contributed by atoms with Crippen LogP contribution < -0.4 is 15.4 Å². The molecular weight excluding hydrogens is 356 g/mol. The first-order chi connectivity index (χ1) is 13.3. The summed E-state index contributed by atoms with van der Waals surface area (Å²) in [4.78, 5) is 23.5. The lowest BCUT2D eigenvalue weighted by atomic mass is 10.2. The summed E-state index contributed by atoms with van der Waals surface area (Å²) in [5.74, 6) is 0.605. The number of benzene rings is 2. The largest absolute Gasteiger partial charge is 0.489 e. The molecule has 0 atom stereocenters. The minimum atomic E-state index is -0.556. The van der Waals surface area contributed by atoms with Crippen molar-refractivity contribution in [3.63, 3.8) is 0 Å². The van der Waals surface area contributed by atoms with Crippen LogP contribution in [0.1, 0.15) is 38.3 Å². The van der Waals surface area contributed by atoms with E-state index < -0.39 is 11.7 Å². The zero-order chi connectivity index (χ0) is 20.4. The summed E-state index contributed by atoms with van der Waals surface area (Å²) in [6.45, 7) is 6.48. The highest BCUT2D eigenvalue weighted by atomic mass is 16.6. The van der Waals surface area contributed by atoms with Crippen LogP contribution in [-0.2, 0) is 22.7 Å². The number of nitrogens with one attached hydrogen (secondary N) is 2. The number of carbonyl (C=O) groups is 2. The molecule has 0 saturated heterocycles. The maximum Gasteiger partial charge on any atom is 0.407 e. The Kier molecular flexibility index (Phi) is 7.87. The molecule has 0 heterocycles. The number of rotatable bonds is 8. The summed E-state index contributed by atoms with van der Waals surface area (Å²) in [7, 11) is 0. The zero-order valence-corrected chi connectivity index (χ0v) is 16.7. The Bertz CT molecular complexity index is 770. The van der Waals surface area contributed by atoms with E-state index in [0.29, 0.717) is 13.2 Å². The van der Waals surface area contributed by atoms with Gasteiger partial charge in [0.1, 0.15) is 18.0 Å². The summed E-state index contributed by atoms with van der Waals surface area (Å²) in [6, 6.07) is 17.5. The smallest absolute Gasteiger partial charge is 0.407 e. The van der Waals surface area contributed by atoms with Gasteiger partial charge in [0.25, 0.3) is 0 Å². The molecule has 28 heavy (non-hydrogen) atoms. The molecule has 0 fully saturated rings. The van der Waals surface area contributed by atoms with Gasteiger partial charge in [0, 0.05) is 19.5 Å². The highest BCUT2D eigenvalue weighted by molar-refractivity contribution is 5.77. The highest BCUT2D eigenvalue weighted by Crippen LogP contribution is 2.15. The van der Waals surface area contributed by atoms with E-state index in [0.717, 1.165) is 16.9 Å². The molecule has 0 aliphatic heterocycles. The molecule has 0 aliphatic carbocycles. The number of ether oxygens (including phenoxy) is 2. The zero-order valence-electron chi connectivity index (χ0n) is 16.7. The van der Waals surface area contributed by atoms with Crippen LogP contribution in [0.15, 0.2) is 54.6 Å². The van der Waals surface area contributed by atoms with Crippen LogP contribution in [0.3, 0.4) is 0 Å². The van der Waals surface area contributed by atoms with E-state index in [1.165, 1.54) is 0 Å². The van der Waals surface area contributed by atoms with Crippen LogP contribution >= 0.6 is 0 Å². The molecule has 2 aromatic rings. The molecule has 6 nitrogen and oxygen atoms in total. The highest BCUT2D eigenvalue weighted by Gasteiger charge is 2.15. The summed E-state index contributed by atoms with van der Waals surface area (Å²) in [5, 5.41) is 5.40. The monoisotopic (exact) mass is 384 g/mol. The van der Waals surface area contributed by atoms with Gasteiger partial charge in [-0.25, -0.2) is 4.79 Å². The average molecular weight is 384 g/mol. The van der Waals surface area contributed by atoms with Gasteiger partial charge in [0.05, 0.1) is 0 Å². The van der Waals surface area contributed by atoms with Crippen molar-refractivity contribution in [1.82, 2.24) is 10.6 Å². The van der Waals surface area contributed by atoms with Gasteiger partial charge in [0.2, 0.25) is 5.91 Å². The number of carbonyl (C=O) groups excluding carboxylic acids is 2. The van der Waals surface area contributed by atoms with E-state index in [2.05, 4.69) is 10.6 Å². The van der Waals surface area contributed by atoms with Crippen molar-refractivity contribution in [2.75, 3.05) is 6.54 Å². The van der Waals surface area contributed by atoms with Crippen molar-refractivity contribution in [1.29, 1.82) is 0 Å². The van der Waals surface area contributed by atoms with E-state index in [9.17, 15) is 9.59 Å². The maximum absolute atomic E-state index is 11.9. The lowest BCUT2D eigenvalue weighted by Crippen LogP contribution is -2.35. The Labute approximate surface area is 166 Å². The lowest BCUT2D eigenvalue weighted by Gasteiger charge is -2.19. The van der Waals surface area contributed by atoms with Gasteiger partial charge in [-0.15, -0.1) is 0 Å². The predicted molar refractivity (Wildman–Crippen MR) is 108 cm³/mol. The number of hydrogen-bond donors (Lipinski definition) is 2. The fourth-order valence-corrected chi connectivity index (χ4v) is 2.37. The molecule has 0 spiro atoms. The van der Waals surface area contributed by atoms with Gasteiger partial charge in [-0.05, 0) is 44.0 Å². The molecule has 0 saturated carbocycles. The summed E-state index contributed by atoms with van der Waals surface area (Å²) >= 11 is 0. The molecule has 2 aromatic carbocycles. The van der Waals surface area contributed by atoms with E-state index in [1.807, 2.05) is 54.6 Å². The van der Waals surface area contributed by atoms with Crippen LogP contribution in [0.5, 0.6) is 5.75 Å². The summed E-state index contributed by atoms with van der Waals surface area (Å²) < 4.78 is 10.9. The topological polar surface area (TPSA) is 76.7 Å². The Balaban J connectivity index is 1.70. The molecule has 2 rings (SSSR count). The molecule has 0 bridgehead atoms. The third-order valence-electron chi connectivity index (χ3n) is 3.66. The lowest BCUT2D eigenvalue weighted by molar-refractivity contribution is -0.121. The first-order valence-electron chi connectivity index (χ1n) is 9.31. The van der Waals surface area contributed by atoms with Crippen LogP contribution in [0.4, 0.5) is 4.79 Å². The van der Waals surface area contributed by atoms with Crippen molar-refractivity contribution < 1.29 is 19.1 Å². The first kappa shape index (κ1) is 21.3. The number of alkyl carbamates (subject to hydrolysis) is 1. The Morgan fingerprint density at radius 2 is 1.64 bits per heavy atom. The fourth-order valence-electron chi connectivity index (χ4n) is 2.37. The van der Waals surface area contributed by atoms with E-state index in [-0.39, 0.29) is 18.9 Å². The molecule has 0 aromatic heterocycles.